The number of nitrogens with one attached hydrogen (secondary N) is 2. The molecule has 1 aromatic carbocycles. The van der Waals surface area contributed by atoms with Crippen LogP contribution in [0.4, 0.5) is 11.6 Å². The zero-order chi connectivity index (χ0) is 19.8. The van der Waals surface area contributed by atoms with Crippen molar-refractivity contribution in [3.63, 3.8) is 0 Å². The van der Waals surface area contributed by atoms with Crippen LogP contribution in [0, 0.1) is 0 Å². The van der Waals surface area contributed by atoms with Crippen LogP contribution in [0.25, 0.3) is 0 Å². The van der Waals surface area contributed by atoms with Gasteiger partial charge in [-0.25, -0.2) is 19.8 Å². The Labute approximate surface area is 175 Å². The van der Waals surface area contributed by atoms with Gasteiger partial charge in [0.2, 0.25) is 5.91 Å². The SMILES string of the molecule is Cl.NS(=O)(=O)NCC1(c2ccccc2)CCN(c2ncnc3c2CC(=O)N3)CC1. The number of hydrogen-bond acceptors (Lipinski definition) is 6. The summed E-state index contributed by atoms with van der Waals surface area (Å²) in [4.78, 5) is 22.4. The third kappa shape index (κ3) is 4.50. The average molecular weight is 439 g/mol. The Balaban J connectivity index is 0.00000240. The van der Waals surface area contributed by atoms with Crippen LogP contribution >= 0.6 is 12.4 Å². The molecule has 4 rings (SSSR count). The van der Waals surface area contributed by atoms with Gasteiger partial charge in [-0.3, -0.25) is 4.79 Å². The van der Waals surface area contributed by atoms with Gasteiger partial charge in [0.1, 0.15) is 18.0 Å². The molecule has 9 nitrogen and oxygen atoms in total. The minimum absolute atomic E-state index is 0. The van der Waals surface area contributed by atoms with Crippen LogP contribution in [0.2, 0.25) is 0 Å². The maximum Gasteiger partial charge on any atom is 0.274 e. The van der Waals surface area contributed by atoms with E-state index in [1.54, 1.807) is 0 Å². The third-order valence-electron chi connectivity index (χ3n) is 5.54. The summed E-state index contributed by atoms with van der Waals surface area (Å²) < 4.78 is 25.5. The van der Waals surface area contributed by atoms with Gasteiger partial charge >= 0.3 is 0 Å². The standard InChI is InChI=1S/C18H22N6O3S.ClH/c19-28(26,27)22-11-18(13-4-2-1-3-5-13)6-8-24(9-7-18)17-14-10-15(25)23-16(14)20-12-21-17;/h1-5,12,22H,6-11H2,(H2,19,26,27)(H,20,21,23,25);1H. The van der Waals surface area contributed by atoms with E-state index in [9.17, 15) is 13.2 Å². The first-order valence-corrected chi connectivity index (χ1v) is 10.6. The lowest BCUT2D eigenvalue weighted by molar-refractivity contribution is -0.115. The Hall–Kier alpha value is -2.27. The molecule has 1 aromatic heterocycles. The molecule has 1 saturated heterocycles. The molecule has 0 aliphatic carbocycles. The molecule has 4 N–H and O–H groups in total. The molecule has 1 amide bonds. The van der Waals surface area contributed by atoms with Gasteiger partial charge in [0.05, 0.1) is 6.42 Å². The molecule has 1 fully saturated rings. The molecular formula is C18H23ClN6O3S. The molecule has 156 valence electrons. The fraction of sp³-hybridized carbons (Fsp3) is 0.389. The predicted octanol–water partition coefficient (Wildman–Crippen LogP) is 0.724. The van der Waals surface area contributed by atoms with Gasteiger partial charge in [0.25, 0.3) is 10.2 Å². The fourth-order valence-electron chi connectivity index (χ4n) is 4.03. The first-order chi connectivity index (χ1) is 13.4. The van der Waals surface area contributed by atoms with E-state index in [1.807, 2.05) is 30.3 Å². The largest absolute Gasteiger partial charge is 0.356 e. The highest BCUT2D eigenvalue weighted by atomic mass is 35.5. The summed E-state index contributed by atoms with van der Waals surface area (Å²) >= 11 is 0. The molecule has 11 heteroatoms. The summed E-state index contributed by atoms with van der Waals surface area (Å²) in [5, 5.41) is 7.93. The van der Waals surface area contributed by atoms with E-state index in [0.29, 0.717) is 18.9 Å². The van der Waals surface area contributed by atoms with Crippen LogP contribution in [0.1, 0.15) is 24.0 Å². The summed E-state index contributed by atoms with van der Waals surface area (Å²) in [7, 11) is -3.78. The lowest BCUT2D eigenvalue weighted by Gasteiger charge is -2.43. The molecule has 29 heavy (non-hydrogen) atoms. The van der Waals surface area contributed by atoms with Gasteiger partial charge in [-0.1, -0.05) is 30.3 Å². The molecule has 2 aliphatic rings. The number of halogens is 1. The number of benzene rings is 1. The maximum atomic E-state index is 11.7. The van der Waals surface area contributed by atoms with E-state index in [-0.39, 0.29) is 36.7 Å². The van der Waals surface area contributed by atoms with E-state index < -0.39 is 10.2 Å². The van der Waals surface area contributed by atoms with Crippen molar-refractivity contribution in [2.45, 2.75) is 24.7 Å². The lowest BCUT2D eigenvalue weighted by atomic mass is 9.73. The van der Waals surface area contributed by atoms with Crippen LogP contribution in [0.15, 0.2) is 36.7 Å². The van der Waals surface area contributed by atoms with E-state index in [1.165, 1.54) is 6.33 Å². The molecular weight excluding hydrogens is 416 g/mol. The number of aromatic nitrogens is 2. The maximum absolute atomic E-state index is 11.7. The van der Waals surface area contributed by atoms with E-state index in [4.69, 9.17) is 5.14 Å². The van der Waals surface area contributed by atoms with Crippen LogP contribution in [0.5, 0.6) is 0 Å². The van der Waals surface area contributed by atoms with Crippen molar-refractivity contribution < 1.29 is 13.2 Å². The molecule has 0 unspecified atom stereocenters. The number of hydrogen-bond donors (Lipinski definition) is 3. The Morgan fingerprint density at radius 3 is 2.52 bits per heavy atom. The molecule has 2 aromatic rings. The molecule has 0 saturated carbocycles. The Morgan fingerprint density at radius 1 is 1.17 bits per heavy atom. The summed E-state index contributed by atoms with van der Waals surface area (Å²) in [5.41, 5.74) is 1.55. The normalized spacial score (nSPS) is 18.0. The predicted molar refractivity (Wildman–Crippen MR) is 112 cm³/mol. The Kier molecular flexibility index (Phi) is 6.08. The van der Waals surface area contributed by atoms with Crippen molar-refractivity contribution >= 4 is 40.2 Å². The number of carbonyl (C=O) groups is 1. The first kappa shape index (κ1) is 21.4. The topological polar surface area (TPSA) is 130 Å². The quantitative estimate of drug-likeness (QED) is 0.630. The van der Waals surface area contributed by atoms with Gasteiger partial charge in [-0.2, -0.15) is 8.42 Å². The highest BCUT2D eigenvalue weighted by molar-refractivity contribution is 7.87. The zero-order valence-corrected chi connectivity index (χ0v) is 17.3. The summed E-state index contributed by atoms with van der Waals surface area (Å²) in [6.45, 7) is 1.60. The van der Waals surface area contributed by atoms with Crippen LogP contribution in [-0.4, -0.2) is 43.9 Å². The lowest BCUT2D eigenvalue weighted by Crippen LogP contribution is -2.50. The van der Waals surface area contributed by atoms with E-state index in [0.717, 1.165) is 29.8 Å². The number of rotatable bonds is 5. The van der Waals surface area contributed by atoms with Crippen molar-refractivity contribution in [1.29, 1.82) is 0 Å². The Bertz CT molecular complexity index is 994. The minimum Gasteiger partial charge on any atom is -0.356 e. The summed E-state index contributed by atoms with van der Waals surface area (Å²) in [6.07, 6.45) is 3.18. The molecule has 3 heterocycles. The number of anilines is 2. The molecule has 2 aliphatic heterocycles. The van der Waals surface area contributed by atoms with Gasteiger partial charge in [0.15, 0.2) is 0 Å². The number of piperidine rings is 1. The average Bonchev–Trinajstić information content (AvgIpc) is 3.07. The van der Waals surface area contributed by atoms with Gasteiger partial charge in [-0.05, 0) is 18.4 Å². The van der Waals surface area contributed by atoms with Crippen LogP contribution in [-0.2, 0) is 26.8 Å². The highest BCUT2D eigenvalue weighted by Crippen LogP contribution is 2.38. The second-order valence-electron chi connectivity index (χ2n) is 7.25. The first-order valence-electron chi connectivity index (χ1n) is 9.08. The van der Waals surface area contributed by atoms with Crippen LogP contribution < -0.4 is 20.1 Å². The highest BCUT2D eigenvalue weighted by Gasteiger charge is 2.38. The second kappa shape index (κ2) is 8.23. The Morgan fingerprint density at radius 2 is 1.86 bits per heavy atom. The number of nitrogens with zero attached hydrogens (tertiary/aromatic N) is 3. The molecule has 0 spiro atoms. The van der Waals surface area contributed by atoms with Gasteiger partial charge in [-0.15, -0.1) is 12.4 Å². The van der Waals surface area contributed by atoms with Crippen LogP contribution in [0.3, 0.4) is 0 Å². The second-order valence-corrected chi connectivity index (χ2v) is 8.63. The van der Waals surface area contributed by atoms with E-state index >= 15 is 0 Å². The third-order valence-corrected chi connectivity index (χ3v) is 6.08. The van der Waals surface area contributed by atoms with E-state index in [2.05, 4.69) is 24.9 Å². The smallest absolute Gasteiger partial charge is 0.274 e. The van der Waals surface area contributed by atoms with Gasteiger partial charge in [0, 0.05) is 30.6 Å². The molecule has 0 bridgehead atoms. The van der Waals surface area contributed by atoms with Crippen molar-refractivity contribution in [3.8, 4) is 0 Å². The van der Waals surface area contributed by atoms with Crippen molar-refractivity contribution in [1.82, 2.24) is 14.7 Å². The fourth-order valence-corrected chi connectivity index (χ4v) is 4.50. The van der Waals surface area contributed by atoms with Crippen molar-refractivity contribution in [2.75, 3.05) is 29.9 Å². The number of fused-ring (bicyclic) bond motifs is 1. The van der Waals surface area contributed by atoms with Crippen molar-refractivity contribution in [3.05, 3.63) is 47.8 Å². The number of amides is 1. The molecule has 0 radical (unpaired) electrons. The zero-order valence-electron chi connectivity index (χ0n) is 15.7. The minimum atomic E-state index is -3.78. The summed E-state index contributed by atoms with van der Waals surface area (Å²) in [5.74, 6) is 1.26. The number of carbonyl (C=O) groups excluding carboxylic acids is 1. The monoisotopic (exact) mass is 438 g/mol. The number of nitrogens with two attached hydrogens (primary N) is 1. The summed E-state index contributed by atoms with van der Waals surface area (Å²) in [6, 6.07) is 9.88. The molecule has 0 atom stereocenters. The van der Waals surface area contributed by atoms with Gasteiger partial charge < -0.3 is 10.2 Å². The van der Waals surface area contributed by atoms with Crippen molar-refractivity contribution in [2.24, 2.45) is 5.14 Å².